The van der Waals surface area contributed by atoms with Gasteiger partial charge in [0.15, 0.2) is 6.61 Å². The molecule has 2 aromatic rings. The Kier molecular flexibility index (Phi) is 5.35. The topological polar surface area (TPSA) is 89.9 Å². The molecule has 0 saturated carbocycles. The quantitative estimate of drug-likeness (QED) is 0.778. The van der Waals surface area contributed by atoms with Gasteiger partial charge in [0.1, 0.15) is 16.4 Å². The van der Waals surface area contributed by atoms with E-state index in [0.29, 0.717) is 0 Å². The molecule has 23 heavy (non-hydrogen) atoms. The molecule has 0 heterocycles. The van der Waals surface area contributed by atoms with Crippen molar-refractivity contribution in [3.63, 3.8) is 0 Å². The number of aliphatic carboxylic acids is 1. The molecule has 0 fully saturated rings. The average Bonchev–Trinajstić information content (AvgIpc) is 2.44. The van der Waals surface area contributed by atoms with Crippen molar-refractivity contribution in [3.8, 4) is 11.5 Å². The van der Waals surface area contributed by atoms with E-state index < -0.39 is 22.7 Å². The first-order chi connectivity index (χ1) is 10.8. The molecular weight excluding hydrogens is 367 g/mol. The summed E-state index contributed by atoms with van der Waals surface area (Å²) >= 11 is 11.7. The molecule has 0 aliphatic rings. The first-order valence-corrected chi connectivity index (χ1v) is 8.28. The lowest BCUT2D eigenvalue weighted by atomic mass is 10.3. The largest absolute Gasteiger partial charge is 0.482 e. The maximum Gasteiger partial charge on any atom is 0.341 e. The predicted molar refractivity (Wildman–Crippen MR) is 83.8 cm³/mol. The van der Waals surface area contributed by atoms with Gasteiger partial charge >= 0.3 is 16.1 Å². The van der Waals surface area contributed by atoms with Crippen molar-refractivity contribution >= 4 is 39.3 Å². The van der Waals surface area contributed by atoms with Crippen LogP contribution in [-0.4, -0.2) is 26.1 Å². The number of carbonyl (C=O) groups is 1. The number of carboxylic acids is 1. The molecule has 0 amide bonds. The van der Waals surface area contributed by atoms with Gasteiger partial charge in [-0.1, -0.05) is 35.3 Å². The Labute approximate surface area is 142 Å². The van der Waals surface area contributed by atoms with Gasteiger partial charge in [-0.05, 0) is 18.2 Å². The van der Waals surface area contributed by atoms with Crippen LogP contribution in [0.5, 0.6) is 11.5 Å². The second kappa shape index (κ2) is 7.08. The highest BCUT2D eigenvalue weighted by atomic mass is 35.5. The molecule has 6 nitrogen and oxygen atoms in total. The van der Waals surface area contributed by atoms with E-state index in [2.05, 4.69) is 0 Å². The van der Waals surface area contributed by atoms with Crippen LogP contribution < -0.4 is 8.92 Å². The number of ether oxygens (including phenoxy) is 1. The third-order valence-corrected chi connectivity index (χ3v) is 4.49. The molecule has 0 spiro atoms. The SMILES string of the molecule is O=C(O)COc1cc(Cl)cc(OS(=O)(=O)c2ccccc2Cl)c1. The first kappa shape index (κ1) is 17.4. The molecule has 0 bridgehead atoms. The maximum absolute atomic E-state index is 12.2. The van der Waals surface area contributed by atoms with E-state index in [4.69, 9.17) is 37.2 Å². The van der Waals surface area contributed by atoms with Crippen molar-refractivity contribution in [1.82, 2.24) is 0 Å². The molecule has 0 atom stereocenters. The zero-order chi connectivity index (χ0) is 17.0. The lowest BCUT2D eigenvalue weighted by Crippen LogP contribution is -2.11. The van der Waals surface area contributed by atoms with Gasteiger partial charge in [-0.2, -0.15) is 8.42 Å². The van der Waals surface area contributed by atoms with E-state index in [1.807, 2.05) is 0 Å². The standard InChI is InChI=1S/C14H10Cl2O6S/c15-9-5-10(21-8-14(17)18)7-11(6-9)22-23(19,20)13-4-2-1-3-12(13)16/h1-7H,8H2,(H,17,18). The van der Waals surface area contributed by atoms with Crippen LogP contribution in [0, 0.1) is 0 Å². The molecule has 0 unspecified atom stereocenters. The smallest absolute Gasteiger partial charge is 0.341 e. The minimum absolute atomic E-state index is 0.0110. The Balaban J connectivity index is 2.29. The number of halogens is 2. The summed E-state index contributed by atoms with van der Waals surface area (Å²) in [5, 5.41) is 8.71. The van der Waals surface area contributed by atoms with Crippen LogP contribution in [-0.2, 0) is 14.9 Å². The van der Waals surface area contributed by atoms with Crippen molar-refractivity contribution in [2.24, 2.45) is 0 Å². The molecule has 0 aliphatic carbocycles. The van der Waals surface area contributed by atoms with Gasteiger partial charge < -0.3 is 14.0 Å². The fourth-order valence-corrected chi connectivity index (χ4v) is 3.26. The fourth-order valence-electron chi connectivity index (χ4n) is 1.63. The third kappa shape index (κ3) is 4.75. The van der Waals surface area contributed by atoms with E-state index in [0.717, 1.165) is 0 Å². The molecule has 2 aromatic carbocycles. The molecule has 122 valence electrons. The van der Waals surface area contributed by atoms with Crippen LogP contribution >= 0.6 is 23.2 Å². The van der Waals surface area contributed by atoms with Gasteiger partial charge in [0.25, 0.3) is 0 Å². The Morgan fingerprint density at radius 1 is 1.09 bits per heavy atom. The second-order valence-electron chi connectivity index (χ2n) is 4.27. The summed E-state index contributed by atoms with van der Waals surface area (Å²) in [6.45, 7) is -0.600. The van der Waals surface area contributed by atoms with E-state index in [9.17, 15) is 13.2 Å². The number of rotatable bonds is 6. The summed E-state index contributed by atoms with van der Waals surface area (Å²) in [5.41, 5.74) is 0. The highest BCUT2D eigenvalue weighted by Gasteiger charge is 2.20. The summed E-state index contributed by atoms with van der Waals surface area (Å²) in [5.74, 6) is -1.25. The van der Waals surface area contributed by atoms with Crippen LogP contribution in [0.25, 0.3) is 0 Å². The first-order valence-electron chi connectivity index (χ1n) is 6.12. The number of benzene rings is 2. The molecule has 9 heteroatoms. The van der Waals surface area contributed by atoms with Crippen molar-refractivity contribution < 1.29 is 27.2 Å². The Morgan fingerprint density at radius 3 is 2.39 bits per heavy atom. The van der Waals surface area contributed by atoms with Crippen LogP contribution in [0.2, 0.25) is 10.0 Å². The van der Waals surface area contributed by atoms with Crippen molar-refractivity contribution in [1.29, 1.82) is 0 Å². The van der Waals surface area contributed by atoms with Gasteiger partial charge in [0, 0.05) is 17.2 Å². The summed E-state index contributed by atoms with van der Waals surface area (Å²) in [4.78, 5) is 10.3. The van der Waals surface area contributed by atoms with Crippen molar-refractivity contribution in [2.45, 2.75) is 4.90 Å². The number of hydrogen-bond donors (Lipinski definition) is 1. The van der Waals surface area contributed by atoms with Crippen molar-refractivity contribution in [2.75, 3.05) is 6.61 Å². The van der Waals surface area contributed by atoms with E-state index >= 15 is 0 Å². The molecule has 2 rings (SSSR count). The Hall–Kier alpha value is -1.96. The van der Waals surface area contributed by atoms with Crippen LogP contribution in [0.3, 0.4) is 0 Å². The lowest BCUT2D eigenvalue weighted by molar-refractivity contribution is -0.139. The average molecular weight is 377 g/mol. The minimum Gasteiger partial charge on any atom is -0.482 e. The summed E-state index contributed by atoms with van der Waals surface area (Å²) < 4.78 is 34.4. The van der Waals surface area contributed by atoms with Gasteiger partial charge in [0.2, 0.25) is 0 Å². The number of carboxylic acid groups (broad SMARTS) is 1. The van der Waals surface area contributed by atoms with Crippen LogP contribution in [0.1, 0.15) is 0 Å². The highest BCUT2D eigenvalue weighted by Crippen LogP contribution is 2.30. The normalized spacial score (nSPS) is 11.0. The van der Waals surface area contributed by atoms with Crippen LogP contribution in [0.4, 0.5) is 0 Å². The molecule has 0 radical (unpaired) electrons. The van der Waals surface area contributed by atoms with Gasteiger partial charge in [-0.25, -0.2) is 4.79 Å². The molecule has 0 saturated heterocycles. The van der Waals surface area contributed by atoms with E-state index in [1.54, 1.807) is 6.07 Å². The monoisotopic (exact) mass is 376 g/mol. The lowest BCUT2D eigenvalue weighted by Gasteiger charge is -2.10. The zero-order valence-corrected chi connectivity index (χ0v) is 13.7. The summed E-state index contributed by atoms with van der Waals surface area (Å²) in [7, 11) is -4.17. The fraction of sp³-hybridized carbons (Fsp3) is 0.0714. The van der Waals surface area contributed by atoms with Gasteiger partial charge in [0.05, 0.1) is 5.02 Å². The third-order valence-electron chi connectivity index (χ3n) is 2.52. The minimum atomic E-state index is -4.17. The Morgan fingerprint density at radius 2 is 1.74 bits per heavy atom. The van der Waals surface area contributed by atoms with Crippen LogP contribution in [0.15, 0.2) is 47.4 Å². The predicted octanol–water partition coefficient (Wildman–Crippen LogP) is 3.22. The Bertz CT molecular complexity index is 835. The summed E-state index contributed by atoms with van der Waals surface area (Å²) in [6, 6.07) is 9.59. The number of hydrogen-bond acceptors (Lipinski definition) is 5. The summed E-state index contributed by atoms with van der Waals surface area (Å²) in [6.07, 6.45) is 0. The molecule has 0 aliphatic heterocycles. The van der Waals surface area contributed by atoms with Crippen molar-refractivity contribution in [3.05, 3.63) is 52.5 Å². The maximum atomic E-state index is 12.2. The zero-order valence-electron chi connectivity index (χ0n) is 11.4. The van der Waals surface area contributed by atoms with E-state index in [1.165, 1.54) is 36.4 Å². The highest BCUT2D eigenvalue weighted by molar-refractivity contribution is 7.87. The molecular formula is C14H10Cl2O6S. The molecule has 0 aromatic heterocycles. The van der Waals surface area contributed by atoms with Gasteiger partial charge in [-0.3, -0.25) is 0 Å². The molecule has 1 N–H and O–H groups in total. The second-order valence-corrected chi connectivity index (χ2v) is 6.63. The van der Waals surface area contributed by atoms with E-state index in [-0.39, 0.29) is 26.4 Å². The van der Waals surface area contributed by atoms with Gasteiger partial charge in [-0.15, -0.1) is 0 Å².